The maximum Gasteiger partial charge on any atom is 0.106 e. The molecule has 2 unspecified atom stereocenters. The molecule has 0 saturated carbocycles. The largest absolute Gasteiger partial charge is 0.383 e. The van der Waals surface area contributed by atoms with E-state index in [4.69, 9.17) is 11.6 Å². The Morgan fingerprint density at radius 2 is 2.06 bits per heavy atom. The molecule has 1 aliphatic rings. The van der Waals surface area contributed by atoms with Crippen molar-refractivity contribution in [3.63, 3.8) is 0 Å². The molecule has 1 fully saturated rings. The Labute approximate surface area is 108 Å². The third-order valence-electron chi connectivity index (χ3n) is 3.64. The van der Waals surface area contributed by atoms with Gasteiger partial charge in [-0.15, -0.1) is 11.6 Å². The summed E-state index contributed by atoms with van der Waals surface area (Å²) in [5.74, 6) is 0.476. The van der Waals surface area contributed by atoms with Crippen molar-refractivity contribution < 1.29 is 5.11 Å². The molecule has 1 saturated heterocycles. The molecule has 2 rings (SSSR count). The van der Waals surface area contributed by atoms with Crippen molar-refractivity contribution in [1.82, 2.24) is 5.32 Å². The van der Waals surface area contributed by atoms with Gasteiger partial charge in [0, 0.05) is 11.9 Å². The highest BCUT2D eigenvalue weighted by Crippen LogP contribution is 2.33. The van der Waals surface area contributed by atoms with Gasteiger partial charge in [-0.05, 0) is 31.4 Å². The SMILES string of the molecule is OC(CCCl)(c1ccccc1)C1CCCCN1. The number of nitrogens with one attached hydrogen (secondary N) is 1. The second-order valence-corrected chi connectivity index (χ2v) is 5.11. The van der Waals surface area contributed by atoms with Crippen LogP contribution in [0.25, 0.3) is 0 Å². The lowest BCUT2D eigenvalue weighted by molar-refractivity contribution is -0.0151. The average Bonchev–Trinajstić information content (AvgIpc) is 2.41. The molecule has 1 aromatic carbocycles. The first kappa shape index (κ1) is 12.9. The van der Waals surface area contributed by atoms with Gasteiger partial charge in [-0.2, -0.15) is 0 Å². The van der Waals surface area contributed by atoms with E-state index >= 15 is 0 Å². The Morgan fingerprint density at radius 3 is 2.65 bits per heavy atom. The molecular weight excluding hydrogens is 234 g/mol. The van der Waals surface area contributed by atoms with Crippen molar-refractivity contribution in [2.24, 2.45) is 0 Å². The summed E-state index contributed by atoms with van der Waals surface area (Å²) in [7, 11) is 0. The highest BCUT2D eigenvalue weighted by molar-refractivity contribution is 6.17. The van der Waals surface area contributed by atoms with Gasteiger partial charge in [0.25, 0.3) is 0 Å². The van der Waals surface area contributed by atoms with Crippen LogP contribution < -0.4 is 5.32 Å². The first-order valence-electron chi connectivity index (χ1n) is 6.34. The molecule has 0 amide bonds. The summed E-state index contributed by atoms with van der Waals surface area (Å²) in [4.78, 5) is 0. The van der Waals surface area contributed by atoms with Gasteiger partial charge in [-0.1, -0.05) is 36.8 Å². The Bertz CT molecular complexity index is 337. The lowest BCUT2D eigenvalue weighted by Gasteiger charge is -2.39. The van der Waals surface area contributed by atoms with Gasteiger partial charge in [0.15, 0.2) is 0 Å². The van der Waals surface area contributed by atoms with E-state index < -0.39 is 5.60 Å². The van der Waals surface area contributed by atoms with Crippen LogP contribution in [0.5, 0.6) is 0 Å². The Morgan fingerprint density at radius 1 is 1.29 bits per heavy atom. The second kappa shape index (κ2) is 5.85. The Hall–Kier alpha value is -0.570. The van der Waals surface area contributed by atoms with Crippen LogP contribution in [0.3, 0.4) is 0 Å². The molecule has 0 aliphatic carbocycles. The van der Waals surface area contributed by atoms with Crippen LogP contribution in [0, 0.1) is 0 Å². The third kappa shape index (κ3) is 2.82. The summed E-state index contributed by atoms with van der Waals surface area (Å²) in [5, 5.41) is 14.4. The molecule has 1 aromatic rings. The van der Waals surface area contributed by atoms with Crippen LogP contribution in [-0.2, 0) is 5.60 Å². The molecule has 2 atom stereocenters. The molecule has 1 heterocycles. The minimum Gasteiger partial charge on any atom is -0.383 e. The van der Waals surface area contributed by atoms with E-state index in [9.17, 15) is 5.11 Å². The van der Waals surface area contributed by atoms with Gasteiger partial charge in [-0.25, -0.2) is 0 Å². The number of alkyl halides is 1. The van der Waals surface area contributed by atoms with E-state index in [2.05, 4.69) is 5.32 Å². The predicted octanol–water partition coefficient (Wildman–Crippen LogP) is 2.65. The van der Waals surface area contributed by atoms with Crippen molar-refractivity contribution >= 4 is 11.6 Å². The topological polar surface area (TPSA) is 32.3 Å². The van der Waals surface area contributed by atoms with Gasteiger partial charge in [0.05, 0.1) is 0 Å². The second-order valence-electron chi connectivity index (χ2n) is 4.73. The highest BCUT2D eigenvalue weighted by Gasteiger charge is 2.38. The van der Waals surface area contributed by atoms with Gasteiger partial charge in [0.2, 0.25) is 0 Å². The van der Waals surface area contributed by atoms with Crippen molar-refractivity contribution in [1.29, 1.82) is 0 Å². The lowest BCUT2D eigenvalue weighted by atomic mass is 9.80. The average molecular weight is 254 g/mol. The smallest absolute Gasteiger partial charge is 0.106 e. The summed E-state index contributed by atoms with van der Waals surface area (Å²) in [6.45, 7) is 0.988. The fourth-order valence-corrected chi connectivity index (χ4v) is 2.94. The fraction of sp³-hybridized carbons (Fsp3) is 0.571. The normalized spacial score (nSPS) is 24.2. The molecule has 3 heteroatoms. The number of piperidine rings is 1. The molecule has 0 spiro atoms. The van der Waals surface area contributed by atoms with Gasteiger partial charge < -0.3 is 10.4 Å². The van der Waals surface area contributed by atoms with Crippen LogP contribution in [0.2, 0.25) is 0 Å². The van der Waals surface area contributed by atoms with Crippen molar-refractivity contribution in [3.8, 4) is 0 Å². The van der Waals surface area contributed by atoms with Crippen LogP contribution in [-0.4, -0.2) is 23.6 Å². The van der Waals surface area contributed by atoms with Crippen LogP contribution >= 0.6 is 11.6 Å². The van der Waals surface area contributed by atoms with Crippen LogP contribution in [0.1, 0.15) is 31.2 Å². The summed E-state index contributed by atoms with van der Waals surface area (Å²) in [6.07, 6.45) is 3.98. The quantitative estimate of drug-likeness (QED) is 0.809. The van der Waals surface area contributed by atoms with E-state index in [1.807, 2.05) is 30.3 Å². The number of benzene rings is 1. The number of halogens is 1. The standard InChI is InChI=1S/C14H20ClNO/c15-10-9-14(17,12-6-2-1-3-7-12)13-8-4-5-11-16-13/h1-3,6-7,13,16-17H,4-5,8-11H2. The number of rotatable bonds is 4. The molecule has 2 nitrogen and oxygen atoms in total. The zero-order valence-corrected chi connectivity index (χ0v) is 10.8. The van der Waals surface area contributed by atoms with Crippen LogP contribution in [0.4, 0.5) is 0 Å². The van der Waals surface area contributed by atoms with Crippen molar-refractivity contribution in [2.75, 3.05) is 12.4 Å². The molecule has 1 aliphatic heterocycles. The van der Waals surface area contributed by atoms with E-state index in [0.29, 0.717) is 12.3 Å². The molecule has 17 heavy (non-hydrogen) atoms. The van der Waals surface area contributed by atoms with Gasteiger partial charge >= 0.3 is 0 Å². The summed E-state index contributed by atoms with van der Waals surface area (Å²) in [5.41, 5.74) is 0.142. The minimum absolute atomic E-state index is 0.123. The lowest BCUT2D eigenvalue weighted by Crippen LogP contribution is -2.51. The number of aliphatic hydroxyl groups is 1. The Kier molecular flexibility index (Phi) is 4.43. The highest BCUT2D eigenvalue weighted by atomic mass is 35.5. The first-order valence-corrected chi connectivity index (χ1v) is 6.88. The van der Waals surface area contributed by atoms with E-state index in [1.165, 1.54) is 12.8 Å². The maximum atomic E-state index is 11.0. The van der Waals surface area contributed by atoms with Crippen molar-refractivity contribution in [2.45, 2.75) is 37.3 Å². The molecular formula is C14H20ClNO. The first-order chi connectivity index (χ1) is 8.27. The Balaban J connectivity index is 2.24. The number of hydrogen-bond acceptors (Lipinski definition) is 2. The molecule has 0 radical (unpaired) electrons. The van der Waals surface area contributed by atoms with E-state index in [-0.39, 0.29) is 6.04 Å². The monoisotopic (exact) mass is 253 g/mol. The molecule has 0 aromatic heterocycles. The van der Waals surface area contributed by atoms with Crippen molar-refractivity contribution in [3.05, 3.63) is 35.9 Å². The zero-order chi connectivity index (χ0) is 12.1. The predicted molar refractivity (Wildman–Crippen MR) is 71.3 cm³/mol. The van der Waals surface area contributed by atoms with Gasteiger partial charge in [-0.3, -0.25) is 0 Å². The summed E-state index contributed by atoms with van der Waals surface area (Å²) >= 11 is 5.87. The maximum absolute atomic E-state index is 11.0. The minimum atomic E-state index is -0.830. The fourth-order valence-electron chi connectivity index (χ4n) is 2.65. The van der Waals surface area contributed by atoms with E-state index in [0.717, 1.165) is 18.5 Å². The molecule has 2 N–H and O–H groups in total. The van der Waals surface area contributed by atoms with Crippen LogP contribution in [0.15, 0.2) is 30.3 Å². The van der Waals surface area contributed by atoms with E-state index in [1.54, 1.807) is 0 Å². The molecule has 94 valence electrons. The third-order valence-corrected chi connectivity index (χ3v) is 3.83. The zero-order valence-electron chi connectivity index (χ0n) is 10.0. The van der Waals surface area contributed by atoms with Gasteiger partial charge in [0.1, 0.15) is 5.60 Å². The summed E-state index contributed by atoms with van der Waals surface area (Å²) in [6, 6.07) is 10.0. The summed E-state index contributed by atoms with van der Waals surface area (Å²) < 4.78 is 0. The number of hydrogen-bond donors (Lipinski definition) is 2. The molecule has 0 bridgehead atoms.